The van der Waals surface area contributed by atoms with E-state index in [-0.39, 0.29) is 5.60 Å². The molecule has 18 heavy (non-hydrogen) atoms. The van der Waals surface area contributed by atoms with E-state index in [4.69, 9.17) is 0 Å². The SMILES string of the molecule is CC(C)(C)OC=O.CC(C)CCN1CCNCC1. The first-order valence-electron chi connectivity index (χ1n) is 6.89. The van der Waals surface area contributed by atoms with Crippen molar-refractivity contribution < 1.29 is 9.53 Å². The molecule has 0 amide bonds. The molecule has 1 heterocycles. The van der Waals surface area contributed by atoms with Crippen molar-refractivity contribution in [1.29, 1.82) is 0 Å². The number of nitrogens with one attached hydrogen (secondary N) is 1. The van der Waals surface area contributed by atoms with E-state index < -0.39 is 0 Å². The quantitative estimate of drug-likeness (QED) is 0.782. The number of nitrogens with zero attached hydrogens (tertiary/aromatic N) is 1. The molecule has 1 aliphatic rings. The fraction of sp³-hybridized carbons (Fsp3) is 0.929. The summed E-state index contributed by atoms with van der Waals surface area (Å²) in [6.07, 6.45) is 1.35. The van der Waals surface area contributed by atoms with Crippen molar-refractivity contribution in [2.24, 2.45) is 5.92 Å². The number of rotatable bonds is 4. The average molecular weight is 258 g/mol. The summed E-state index contributed by atoms with van der Waals surface area (Å²) in [5, 5.41) is 3.36. The van der Waals surface area contributed by atoms with Crippen LogP contribution in [0.3, 0.4) is 0 Å². The molecular weight excluding hydrogens is 228 g/mol. The highest BCUT2D eigenvalue weighted by atomic mass is 16.5. The lowest BCUT2D eigenvalue weighted by atomic mass is 10.1. The van der Waals surface area contributed by atoms with Crippen molar-refractivity contribution in [3.05, 3.63) is 0 Å². The zero-order valence-electron chi connectivity index (χ0n) is 12.7. The van der Waals surface area contributed by atoms with Gasteiger partial charge in [-0.15, -0.1) is 0 Å². The molecule has 0 saturated carbocycles. The maximum atomic E-state index is 9.60. The van der Waals surface area contributed by atoms with Gasteiger partial charge in [-0.05, 0) is 39.7 Å². The zero-order chi connectivity index (χ0) is 14.0. The van der Waals surface area contributed by atoms with E-state index in [1.165, 1.54) is 39.1 Å². The summed E-state index contributed by atoms with van der Waals surface area (Å²) in [6.45, 7) is 16.6. The molecule has 108 valence electrons. The molecule has 1 aliphatic heterocycles. The molecule has 4 heteroatoms. The zero-order valence-corrected chi connectivity index (χ0v) is 12.7. The second kappa shape index (κ2) is 9.34. The number of piperazine rings is 1. The maximum absolute atomic E-state index is 9.60. The van der Waals surface area contributed by atoms with Crippen LogP contribution < -0.4 is 5.32 Å². The van der Waals surface area contributed by atoms with Gasteiger partial charge in [-0.1, -0.05) is 13.8 Å². The van der Waals surface area contributed by atoms with E-state index in [2.05, 4.69) is 28.8 Å². The first-order valence-corrected chi connectivity index (χ1v) is 6.89. The number of hydrogen-bond acceptors (Lipinski definition) is 4. The molecule has 0 aromatic rings. The summed E-state index contributed by atoms with van der Waals surface area (Å²) in [5.74, 6) is 0.852. The van der Waals surface area contributed by atoms with Crippen molar-refractivity contribution in [2.75, 3.05) is 32.7 Å². The van der Waals surface area contributed by atoms with Crippen molar-refractivity contribution in [3.63, 3.8) is 0 Å². The van der Waals surface area contributed by atoms with Crippen molar-refractivity contribution in [1.82, 2.24) is 10.2 Å². The third-order valence-electron chi connectivity index (χ3n) is 2.63. The van der Waals surface area contributed by atoms with E-state index in [9.17, 15) is 4.79 Å². The van der Waals surface area contributed by atoms with Gasteiger partial charge in [0.15, 0.2) is 0 Å². The molecule has 1 N–H and O–H groups in total. The van der Waals surface area contributed by atoms with Gasteiger partial charge < -0.3 is 15.0 Å². The fourth-order valence-corrected chi connectivity index (χ4v) is 1.52. The third kappa shape index (κ3) is 11.9. The summed E-state index contributed by atoms with van der Waals surface area (Å²) in [4.78, 5) is 12.2. The van der Waals surface area contributed by atoms with Gasteiger partial charge in [0.25, 0.3) is 6.47 Å². The Kier molecular flexibility index (Phi) is 9.02. The molecule has 0 aliphatic carbocycles. The lowest BCUT2D eigenvalue weighted by Crippen LogP contribution is -2.43. The van der Waals surface area contributed by atoms with Crippen LogP contribution in [0.25, 0.3) is 0 Å². The normalized spacial score (nSPS) is 17.0. The molecule has 0 spiro atoms. The van der Waals surface area contributed by atoms with Crippen LogP contribution in [-0.2, 0) is 9.53 Å². The Morgan fingerprint density at radius 2 is 1.83 bits per heavy atom. The predicted octanol–water partition coefficient (Wildman–Crippen LogP) is 1.90. The standard InChI is InChI=1S/C9H20N2.C5H10O2/c1-9(2)3-6-11-7-4-10-5-8-11;1-5(2,3)7-4-6/h9-10H,3-8H2,1-2H3;4H,1-3H3. The number of carbonyl (C=O) groups excluding carboxylic acids is 1. The van der Waals surface area contributed by atoms with Gasteiger partial charge in [-0.25, -0.2) is 0 Å². The van der Waals surface area contributed by atoms with Crippen LogP contribution in [0, 0.1) is 5.92 Å². The molecule has 1 rings (SSSR count). The summed E-state index contributed by atoms with van der Waals surface area (Å²) in [7, 11) is 0. The molecule has 0 aromatic carbocycles. The Labute approximate surface area is 112 Å². The van der Waals surface area contributed by atoms with E-state index in [0.717, 1.165) is 5.92 Å². The molecule has 0 aromatic heterocycles. The van der Waals surface area contributed by atoms with Crippen LogP contribution in [0.2, 0.25) is 0 Å². The topological polar surface area (TPSA) is 41.6 Å². The second-order valence-electron chi connectivity index (χ2n) is 6.10. The molecular formula is C14H30N2O2. The van der Waals surface area contributed by atoms with Crippen molar-refractivity contribution >= 4 is 6.47 Å². The van der Waals surface area contributed by atoms with E-state index >= 15 is 0 Å². The minimum Gasteiger partial charge on any atom is -0.462 e. The summed E-state index contributed by atoms with van der Waals surface area (Å²) in [6, 6.07) is 0. The Morgan fingerprint density at radius 3 is 2.17 bits per heavy atom. The molecule has 0 unspecified atom stereocenters. The first-order chi connectivity index (χ1) is 8.35. The second-order valence-corrected chi connectivity index (χ2v) is 6.10. The number of ether oxygens (including phenoxy) is 1. The molecule has 0 radical (unpaired) electrons. The van der Waals surface area contributed by atoms with Gasteiger partial charge >= 0.3 is 0 Å². The Morgan fingerprint density at radius 1 is 1.28 bits per heavy atom. The summed E-state index contributed by atoms with van der Waals surface area (Å²) < 4.78 is 4.55. The maximum Gasteiger partial charge on any atom is 0.293 e. The van der Waals surface area contributed by atoms with Crippen LogP contribution in [0.1, 0.15) is 41.0 Å². The molecule has 0 atom stereocenters. The predicted molar refractivity (Wildman–Crippen MR) is 75.7 cm³/mol. The highest BCUT2D eigenvalue weighted by Gasteiger charge is 2.08. The van der Waals surface area contributed by atoms with Gasteiger partial charge in [-0.3, -0.25) is 4.79 Å². The van der Waals surface area contributed by atoms with Crippen molar-refractivity contribution in [3.8, 4) is 0 Å². The van der Waals surface area contributed by atoms with Crippen molar-refractivity contribution in [2.45, 2.75) is 46.6 Å². The molecule has 1 fully saturated rings. The molecule has 4 nitrogen and oxygen atoms in total. The Hall–Kier alpha value is -0.610. The monoisotopic (exact) mass is 258 g/mol. The average Bonchev–Trinajstić information content (AvgIpc) is 2.27. The molecule has 0 bridgehead atoms. The van der Waals surface area contributed by atoms with Crippen LogP contribution in [0.5, 0.6) is 0 Å². The van der Waals surface area contributed by atoms with Gasteiger partial charge in [0, 0.05) is 26.2 Å². The largest absolute Gasteiger partial charge is 0.462 e. The van der Waals surface area contributed by atoms with Crippen LogP contribution in [-0.4, -0.2) is 49.7 Å². The summed E-state index contributed by atoms with van der Waals surface area (Å²) in [5.41, 5.74) is -0.318. The van der Waals surface area contributed by atoms with Gasteiger partial charge in [0.2, 0.25) is 0 Å². The van der Waals surface area contributed by atoms with Gasteiger partial charge in [0.1, 0.15) is 5.60 Å². The lowest BCUT2D eigenvalue weighted by molar-refractivity contribution is -0.138. The summed E-state index contributed by atoms with van der Waals surface area (Å²) >= 11 is 0. The Bertz CT molecular complexity index is 206. The van der Waals surface area contributed by atoms with E-state index in [0.29, 0.717) is 6.47 Å². The highest BCUT2D eigenvalue weighted by molar-refractivity contribution is 5.37. The lowest BCUT2D eigenvalue weighted by Gasteiger charge is -2.27. The van der Waals surface area contributed by atoms with E-state index in [1.54, 1.807) is 0 Å². The van der Waals surface area contributed by atoms with Gasteiger partial charge in [-0.2, -0.15) is 0 Å². The minimum atomic E-state index is -0.318. The molecule has 1 saturated heterocycles. The van der Waals surface area contributed by atoms with Crippen LogP contribution in [0.15, 0.2) is 0 Å². The smallest absolute Gasteiger partial charge is 0.293 e. The first kappa shape index (κ1) is 17.4. The van der Waals surface area contributed by atoms with E-state index in [1.807, 2.05) is 20.8 Å². The Balaban J connectivity index is 0.000000360. The minimum absolute atomic E-state index is 0.318. The number of carbonyl (C=O) groups is 1. The third-order valence-corrected chi connectivity index (χ3v) is 2.63. The highest BCUT2D eigenvalue weighted by Crippen LogP contribution is 2.03. The number of hydrogen-bond donors (Lipinski definition) is 1. The van der Waals surface area contributed by atoms with Crippen LogP contribution >= 0.6 is 0 Å². The van der Waals surface area contributed by atoms with Crippen LogP contribution in [0.4, 0.5) is 0 Å². The van der Waals surface area contributed by atoms with Gasteiger partial charge in [0.05, 0.1) is 0 Å². The fourth-order valence-electron chi connectivity index (χ4n) is 1.52.